The molecule has 0 fully saturated rings. The standard InChI is InChI=1S/C55H45N.C30H29N.C25H15Br/c1-37(2)44-21-11-12-22-45(44)38-27-29-41(30-28-38)56(42-32-34-51-49(35-42)47-24-13-15-25-50(47)54(51,3)4)43-31-33-48-46-23-14-16-26-52(46)55(53(48)36-43,39-17-7-5-8-18-39)40-19-9-6-10-20-40;1-20(2)24-9-5-6-10-25(24)21-13-15-22(16-14-21)31-23-17-18-29-27(19-23)26-11-7-8-12-28(26)30(29,3)4;26-16-13-14-20-19-9-3-6-12-23(19)25(24(20)15-16)21-10-4-1-7-17(21)18-8-2-5-11-22(18)25/h5-37H,1-4H3;5-20,31H,1-4H3;1-15H/i37D;20D;. The predicted octanol–water partition coefficient (Wildman–Crippen LogP) is 29.9. The van der Waals surface area contributed by atoms with Crippen LogP contribution in [0.3, 0.4) is 0 Å². The average molecular weight is 1520 g/mol. The number of nitrogens with zero attached hydrogens (tertiary/aromatic N) is 1. The van der Waals surface area contributed by atoms with Gasteiger partial charge in [-0.05, 0) is 240 Å². The van der Waals surface area contributed by atoms with Crippen molar-refractivity contribution in [3.8, 4) is 77.9 Å². The number of halogens is 1. The van der Waals surface area contributed by atoms with Crippen molar-refractivity contribution in [2.45, 2.75) is 88.8 Å². The lowest BCUT2D eigenvalue weighted by molar-refractivity contribution is 0.660. The summed E-state index contributed by atoms with van der Waals surface area (Å²) < 4.78 is 18.5. The molecule has 0 unspecified atom stereocenters. The van der Waals surface area contributed by atoms with Gasteiger partial charge in [0.15, 0.2) is 0 Å². The highest BCUT2D eigenvalue weighted by Gasteiger charge is 2.52. The lowest BCUT2D eigenvalue weighted by Crippen LogP contribution is -2.28. The molecule has 16 aromatic carbocycles. The maximum Gasteiger partial charge on any atom is 0.0725 e. The third-order valence-electron chi connectivity index (χ3n) is 24.9. The zero-order valence-corrected chi connectivity index (χ0v) is 66.7. The number of hydrogen-bond acceptors (Lipinski definition) is 2. The summed E-state index contributed by atoms with van der Waals surface area (Å²) in [6.07, 6.45) is 0. The molecule has 0 saturated carbocycles. The highest BCUT2D eigenvalue weighted by molar-refractivity contribution is 9.10. The monoisotopic (exact) mass is 1520 g/mol. The molecule has 0 bridgehead atoms. The topological polar surface area (TPSA) is 15.3 Å². The van der Waals surface area contributed by atoms with E-state index in [0.717, 1.165) is 66.3 Å². The minimum Gasteiger partial charge on any atom is -0.356 e. The van der Waals surface area contributed by atoms with Crippen LogP contribution in [0.2, 0.25) is 0 Å². The van der Waals surface area contributed by atoms with Crippen LogP contribution >= 0.6 is 15.9 Å². The van der Waals surface area contributed by atoms with Crippen molar-refractivity contribution >= 4 is 44.4 Å². The Morgan fingerprint density at radius 2 is 0.575 bits per heavy atom. The molecule has 0 radical (unpaired) electrons. The van der Waals surface area contributed by atoms with Gasteiger partial charge in [-0.1, -0.05) is 375 Å². The van der Waals surface area contributed by atoms with Gasteiger partial charge in [0, 0.05) is 46.5 Å². The van der Waals surface area contributed by atoms with Crippen molar-refractivity contribution in [1.82, 2.24) is 0 Å². The van der Waals surface area contributed by atoms with Gasteiger partial charge >= 0.3 is 0 Å². The minimum atomic E-state index is -0.720. The van der Waals surface area contributed by atoms with Crippen LogP contribution in [0.25, 0.3) is 77.9 Å². The van der Waals surface area contributed by atoms with Gasteiger partial charge in [0.05, 0.1) is 10.8 Å². The molecule has 1 N–H and O–H groups in total. The van der Waals surface area contributed by atoms with Crippen molar-refractivity contribution in [2.75, 3.05) is 10.2 Å². The van der Waals surface area contributed by atoms with Crippen LogP contribution in [0.1, 0.15) is 148 Å². The molecule has 0 aromatic heterocycles. The Hall–Kier alpha value is -12.4. The highest BCUT2D eigenvalue weighted by Crippen LogP contribution is 2.64. The Morgan fingerprint density at radius 1 is 0.257 bits per heavy atom. The first kappa shape index (κ1) is 68.6. The Bertz CT molecular complexity index is 6370. The zero-order chi connectivity index (χ0) is 78.8. The van der Waals surface area contributed by atoms with Crippen molar-refractivity contribution in [3.63, 3.8) is 0 Å². The molecule has 0 heterocycles. The van der Waals surface area contributed by atoms with E-state index < -0.39 is 17.2 Å². The molecule has 1 spiro atoms. The summed E-state index contributed by atoms with van der Waals surface area (Å²) in [4.78, 5) is 2.43. The van der Waals surface area contributed by atoms with E-state index in [2.05, 4.69) is 412 Å². The van der Waals surface area contributed by atoms with Crippen LogP contribution in [-0.2, 0) is 21.7 Å². The van der Waals surface area contributed by atoms with E-state index in [-0.39, 0.29) is 16.2 Å². The average Bonchev–Trinajstić information content (AvgIpc) is 1.52. The number of nitrogens with one attached hydrogen (secondary N) is 1. The van der Waals surface area contributed by atoms with Crippen LogP contribution < -0.4 is 10.2 Å². The van der Waals surface area contributed by atoms with Gasteiger partial charge in [-0.3, -0.25) is 0 Å². The third-order valence-corrected chi connectivity index (χ3v) is 25.4. The summed E-state index contributed by atoms with van der Waals surface area (Å²) in [6.45, 7) is 17.1. The smallest absolute Gasteiger partial charge is 0.0725 e. The van der Waals surface area contributed by atoms with Crippen LogP contribution in [0.4, 0.5) is 28.4 Å². The molecule has 16 aromatic rings. The van der Waals surface area contributed by atoms with Gasteiger partial charge in [-0.25, -0.2) is 0 Å². The van der Waals surface area contributed by atoms with Crippen LogP contribution in [-0.4, -0.2) is 0 Å². The summed E-state index contributed by atoms with van der Waals surface area (Å²) in [5.74, 6) is -1.36. The number of fused-ring (bicyclic) bond motifs is 19. The van der Waals surface area contributed by atoms with Crippen molar-refractivity contribution < 1.29 is 2.74 Å². The largest absolute Gasteiger partial charge is 0.356 e. The van der Waals surface area contributed by atoms with E-state index in [1.165, 1.54) is 122 Å². The summed E-state index contributed by atoms with van der Waals surface area (Å²) in [5.41, 5.74) is 40.5. The van der Waals surface area contributed by atoms with E-state index in [4.69, 9.17) is 2.74 Å². The summed E-state index contributed by atoms with van der Waals surface area (Å²) in [5, 5.41) is 3.58. The first-order chi connectivity index (χ1) is 55.7. The van der Waals surface area contributed by atoms with Crippen LogP contribution in [0.5, 0.6) is 0 Å². The highest BCUT2D eigenvalue weighted by atomic mass is 79.9. The Balaban J connectivity index is 0.000000128. The van der Waals surface area contributed by atoms with Gasteiger partial charge in [0.2, 0.25) is 0 Å². The molecular weight excluding hydrogens is 1430 g/mol. The molecule has 0 aliphatic heterocycles. The molecule has 21 rings (SSSR count). The Kier molecular flexibility index (Phi) is 17.1. The summed E-state index contributed by atoms with van der Waals surface area (Å²) >= 11 is 3.72. The van der Waals surface area contributed by atoms with Gasteiger partial charge < -0.3 is 10.2 Å². The molecule has 5 aliphatic rings. The molecular formula is C110H89BrN2. The first-order valence-corrected chi connectivity index (χ1v) is 40.4. The van der Waals surface area contributed by atoms with E-state index in [9.17, 15) is 0 Å². The fraction of sp³-hybridized carbons (Fsp3) is 0.127. The summed E-state index contributed by atoms with van der Waals surface area (Å²) in [7, 11) is 0. The quantitative estimate of drug-likeness (QED) is 0.139. The van der Waals surface area contributed by atoms with E-state index >= 15 is 0 Å². The third kappa shape index (κ3) is 11.5. The number of hydrogen-bond donors (Lipinski definition) is 1. The number of rotatable bonds is 11. The van der Waals surface area contributed by atoms with Gasteiger partial charge in [0.1, 0.15) is 0 Å². The number of anilines is 5. The first-order valence-electron chi connectivity index (χ1n) is 40.6. The SMILES string of the molecule is Brc1ccc2c(c1)C1(c3ccccc3-c3ccccc31)c1ccccc1-2.[2H]C(C)(C)c1ccccc1-c1ccc(N(c2ccc3c(c2)-c2ccccc2C3(C)C)c2ccc3c(c2)C(c2ccccc2)(c2ccccc2)c2ccccc2-3)cc1.[2H]C(C)(C)c1ccccc1-c1ccc(Nc2ccc3c(c2)-c2ccccc2C3(C)C)cc1. The van der Waals surface area contributed by atoms with Crippen molar-refractivity contribution in [2.24, 2.45) is 0 Å². The second kappa shape index (κ2) is 28.1. The Morgan fingerprint density at radius 3 is 1.04 bits per heavy atom. The number of benzene rings is 16. The van der Waals surface area contributed by atoms with E-state index in [1.54, 1.807) is 0 Å². The molecule has 3 heteroatoms. The van der Waals surface area contributed by atoms with Crippen LogP contribution in [0, 0.1) is 0 Å². The second-order valence-electron chi connectivity index (χ2n) is 32.3. The van der Waals surface area contributed by atoms with Gasteiger partial charge in [0.25, 0.3) is 0 Å². The zero-order valence-electron chi connectivity index (χ0n) is 67.1. The van der Waals surface area contributed by atoms with Gasteiger partial charge in [-0.15, -0.1) is 0 Å². The fourth-order valence-electron chi connectivity index (χ4n) is 19.8. The Labute approximate surface area is 677 Å². The second-order valence-corrected chi connectivity index (χ2v) is 33.3. The predicted molar refractivity (Wildman–Crippen MR) is 479 cm³/mol. The molecule has 546 valence electrons. The fourth-order valence-corrected chi connectivity index (χ4v) is 20.1. The van der Waals surface area contributed by atoms with E-state index in [1.807, 2.05) is 45.9 Å². The van der Waals surface area contributed by atoms with Crippen molar-refractivity contribution in [1.29, 1.82) is 0 Å². The van der Waals surface area contributed by atoms with Crippen LogP contribution in [0.15, 0.2) is 381 Å². The van der Waals surface area contributed by atoms with Crippen molar-refractivity contribution in [3.05, 3.63) is 458 Å². The molecule has 113 heavy (non-hydrogen) atoms. The maximum absolute atomic E-state index is 8.90. The van der Waals surface area contributed by atoms with Gasteiger partial charge in [-0.2, -0.15) is 0 Å². The minimum absolute atomic E-state index is 0.0329. The maximum atomic E-state index is 8.90. The molecule has 5 aliphatic carbocycles. The molecule has 0 atom stereocenters. The van der Waals surface area contributed by atoms with E-state index in [0.29, 0.717) is 0 Å². The summed E-state index contributed by atoms with van der Waals surface area (Å²) in [6, 6.07) is 137. The molecule has 0 saturated heterocycles. The lowest BCUT2D eigenvalue weighted by atomic mass is 9.67. The molecule has 0 amide bonds. The normalized spacial score (nSPS) is 14.6. The molecule has 2 nitrogen and oxygen atoms in total. The lowest BCUT2D eigenvalue weighted by Gasteiger charge is -2.35.